The zero-order valence-electron chi connectivity index (χ0n) is 21.1. The topological polar surface area (TPSA) is 29.5 Å². The molecule has 0 atom stereocenters. The fraction of sp³-hybridized carbons (Fsp3) is 0.321. The highest BCUT2D eigenvalue weighted by atomic mass is 19.4. The Bertz CT molecular complexity index is 1320. The van der Waals surface area contributed by atoms with E-state index in [1.807, 2.05) is 19.9 Å². The minimum absolute atomic E-state index is 0.0391. The van der Waals surface area contributed by atoms with E-state index in [2.05, 4.69) is 0 Å². The average Bonchev–Trinajstić information content (AvgIpc) is 2.86. The van der Waals surface area contributed by atoms with Crippen molar-refractivity contribution in [2.24, 2.45) is 0 Å². The van der Waals surface area contributed by atoms with E-state index >= 15 is 0 Å². The number of methoxy groups -OCH3 is 1. The number of hydrogen-bond acceptors (Lipinski definition) is 2. The predicted molar refractivity (Wildman–Crippen MR) is 129 cm³/mol. The summed E-state index contributed by atoms with van der Waals surface area (Å²) >= 11 is 0. The third kappa shape index (κ3) is 7.27. The number of hydrogen-bond donors (Lipinski definition) is 0. The first-order valence-electron chi connectivity index (χ1n) is 11.7. The minimum atomic E-state index is -4.92. The lowest BCUT2D eigenvalue weighted by molar-refractivity contribution is -0.138. The maximum atomic E-state index is 13.6. The molecule has 3 rings (SSSR count). The monoisotopic (exact) mass is 559 g/mol. The van der Waals surface area contributed by atoms with Gasteiger partial charge in [0.25, 0.3) is 6.43 Å². The molecular formula is C28H25F8NO2. The number of carbonyl (C=O) groups is 1. The van der Waals surface area contributed by atoms with Crippen LogP contribution in [0.25, 0.3) is 11.1 Å². The molecule has 0 radical (unpaired) electrons. The van der Waals surface area contributed by atoms with Crippen molar-refractivity contribution in [1.82, 2.24) is 4.90 Å². The number of ether oxygens (including phenoxy) is 1. The van der Waals surface area contributed by atoms with Crippen LogP contribution in [0.2, 0.25) is 0 Å². The van der Waals surface area contributed by atoms with Crippen molar-refractivity contribution >= 4 is 6.41 Å². The summed E-state index contributed by atoms with van der Waals surface area (Å²) in [4.78, 5) is 12.8. The minimum Gasteiger partial charge on any atom is -0.496 e. The van der Waals surface area contributed by atoms with Gasteiger partial charge in [-0.15, -0.1) is 0 Å². The molecule has 3 aromatic carbocycles. The lowest BCUT2D eigenvalue weighted by atomic mass is 9.92. The van der Waals surface area contributed by atoms with Crippen LogP contribution in [-0.2, 0) is 30.2 Å². The van der Waals surface area contributed by atoms with Crippen LogP contribution < -0.4 is 4.74 Å². The van der Waals surface area contributed by atoms with Crippen LogP contribution in [0.1, 0.15) is 59.6 Å². The quantitative estimate of drug-likeness (QED) is 0.194. The number of nitrogens with zero attached hydrogens (tertiary/aromatic N) is 1. The predicted octanol–water partition coefficient (Wildman–Crippen LogP) is 8.62. The second-order valence-corrected chi connectivity index (χ2v) is 9.26. The molecule has 0 saturated carbocycles. The number of halogens is 8. The lowest BCUT2D eigenvalue weighted by Gasteiger charge is -2.23. The third-order valence-corrected chi connectivity index (χ3v) is 6.12. The molecule has 0 unspecified atom stereocenters. The van der Waals surface area contributed by atoms with E-state index in [4.69, 9.17) is 4.74 Å². The molecule has 210 valence electrons. The molecule has 0 aromatic heterocycles. The van der Waals surface area contributed by atoms with Crippen molar-refractivity contribution in [1.29, 1.82) is 0 Å². The Morgan fingerprint density at radius 1 is 0.795 bits per heavy atom. The molecule has 0 heterocycles. The van der Waals surface area contributed by atoms with Gasteiger partial charge in [0.2, 0.25) is 6.41 Å². The highest BCUT2D eigenvalue weighted by Gasteiger charge is 2.33. The molecule has 1 amide bonds. The van der Waals surface area contributed by atoms with Crippen LogP contribution in [0.3, 0.4) is 0 Å². The molecule has 0 spiro atoms. The van der Waals surface area contributed by atoms with E-state index in [-0.39, 0.29) is 23.5 Å². The van der Waals surface area contributed by atoms with Crippen LogP contribution >= 0.6 is 0 Å². The molecular weight excluding hydrogens is 534 g/mol. The van der Waals surface area contributed by atoms with Crippen molar-refractivity contribution in [3.8, 4) is 16.9 Å². The number of benzene rings is 3. The summed E-state index contributed by atoms with van der Waals surface area (Å²) in [6.07, 6.45) is -12.6. The molecule has 39 heavy (non-hydrogen) atoms. The average molecular weight is 559 g/mol. The summed E-state index contributed by atoms with van der Waals surface area (Å²) in [7, 11) is 1.39. The first kappa shape index (κ1) is 29.9. The van der Waals surface area contributed by atoms with Gasteiger partial charge in [-0.25, -0.2) is 8.78 Å². The van der Waals surface area contributed by atoms with Crippen LogP contribution in [0, 0.1) is 0 Å². The van der Waals surface area contributed by atoms with Gasteiger partial charge in [-0.3, -0.25) is 4.79 Å². The molecule has 0 aliphatic heterocycles. The standard InChI is InChI=1S/C28H25F8NO2/c1-16(2)18-4-7-25(39-3)24(12-18)23-6-5-21(27(31,32)33)11-20(23)14-37(15-38)13-17-8-19(26(29)30)10-22(9-17)28(34,35)36/h4-12,15-16,26H,13-14H2,1-3H3. The van der Waals surface area contributed by atoms with Gasteiger partial charge in [0, 0.05) is 24.2 Å². The van der Waals surface area contributed by atoms with Gasteiger partial charge in [0.15, 0.2) is 0 Å². The molecule has 3 nitrogen and oxygen atoms in total. The van der Waals surface area contributed by atoms with Crippen LogP contribution in [0.5, 0.6) is 5.75 Å². The Hall–Kier alpha value is -3.63. The largest absolute Gasteiger partial charge is 0.496 e. The number of amides is 1. The number of carbonyl (C=O) groups excluding carboxylic acids is 1. The van der Waals surface area contributed by atoms with E-state index < -0.39 is 48.6 Å². The smallest absolute Gasteiger partial charge is 0.416 e. The van der Waals surface area contributed by atoms with Gasteiger partial charge in [0.1, 0.15) is 5.75 Å². The fourth-order valence-corrected chi connectivity index (χ4v) is 4.14. The molecule has 0 aliphatic rings. The molecule has 0 bridgehead atoms. The van der Waals surface area contributed by atoms with Gasteiger partial charge in [0.05, 0.1) is 18.2 Å². The second-order valence-electron chi connectivity index (χ2n) is 9.26. The second kappa shape index (κ2) is 11.6. The maximum Gasteiger partial charge on any atom is 0.416 e. The Balaban J connectivity index is 2.10. The number of rotatable bonds is 9. The van der Waals surface area contributed by atoms with Gasteiger partial charge in [-0.05, 0) is 70.6 Å². The zero-order valence-corrected chi connectivity index (χ0v) is 21.1. The van der Waals surface area contributed by atoms with Gasteiger partial charge in [-0.2, -0.15) is 26.3 Å². The van der Waals surface area contributed by atoms with Crippen molar-refractivity contribution in [3.05, 3.63) is 88.0 Å². The van der Waals surface area contributed by atoms with Crippen LogP contribution in [-0.4, -0.2) is 18.4 Å². The van der Waals surface area contributed by atoms with Crippen molar-refractivity contribution in [2.75, 3.05) is 7.11 Å². The Labute approximate surface area is 220 Å². The first-order valence-corrected chi connectivity index (χ1v) is 11.7. The van der Waals surface area contributed by atoms with E-state index in [1.165, 1.54) is 13.2 Å². The lowest BCUT2D eigenvalue weighted by Crippen LogP contribution is -2.22. The number of alkyl halides is 8. The van der Waals surface area contributed by atoms with E-state index in [0.29, 0.717) is 29.0 Å². The third-order valence-electron chi connectivity index (χ3n) is 6.12. The molecule has 11 heteroatoms. The fourth-order valence-electron chi connectivity index (χ4n) is 4.14. The summed E-state index contributed by atoms with van der Waals surface area (Å²) < 4.78 is 113. The first-order chi connectivity index (χ1) is 18.1. The summed E-state index contributed by atoms with van der Waals surface area (Å²) in [6.45, 7) is 2.86. The molecule has 3 aromatic rings. The Kier molecular flexibility index (Phi) is 8.92. The summed E-state index contributed by atoms with van der Waals surface area (Å²) in [5, 5.41) is 0. The highest BCUT2D eigenvalue weighted by molar-refractivity contribution is 5.75. The van der Waals surface area contributed by atoms with Gasteiger partial charge >= 0.3 is 12.4 Å². The Morgan fingerprint density at radius 2 is 1.46 bits per heavy atom. The van der Waals surface area contributed by atoms with Gasteiger partial charge in [-0.1, -0.05) is 26.0 Å². The molecule has 0 aliphatic carbocycles. The van der Waals surface area contributed by atoms with Crippen molar-refractivity contribution in [3.63, 3.8) is 0 Å². The molecule has 0 saturated heterocycles. The summed E-state index contributed by atoms with van der Waals surface area (Å²) in [6, 6.07) is 9.98. The molecule has 0 N–H and O–H groups in total. The van der Waals surface area contributed by atoms with E-state index in [0.717, 1.165) is 28.7 Å². The Morgan fingerprint density at radius 3 is 2.00 bits per heavy atom. The zero-order chi connectivity index (χ0) is 29.1. The van der Waals surface area contributed by atoms with Crippen LogP contribution in [0.4, 0.5) is 35.1 Å². The molecule has 0 fully saturated rings. The SMILES string of the molecule is COc1ccc(C(C)C)cc1-c1ccc(C(F)(F)F)cc1CN(C=O)Cc1cc(C(F)F)cc(C(F)(F)F)c1. The van der Waals surface area contributed by atoms with Crippen molar-refractivity contribution < 1.29 is 44.7 Å². The summed E-state index contributed by atoms with van der Waals surface area (Å²) in [5.74, 6) is 0.432. The van der Waals surface area contributed by atoms with E-state index in [1.54, 1.807) is 12.1 Å². The van der Waals surface area contributed by atoms with E-state index in [9.17, 15) is 39.9 Å². The highest BCUT2D eigenvalue weighted by Crippen LogP contribution is 2.39. The van der Waals surface area contributed by atoms with Gasteiger partial charge < -0.3 is 9.64 Å². The normalized spacial score (nSPS) is 12.2. The van der Waals surface area contributed by atoms with Crippen molar-refractivity contribution in [2.45, 2.75) is 51.6 Å². The maximum absolute atomic E-state index is 13.6. The summed E-state index contributed by atoms with van der Waals surface area (Å²) in [5.41, 5.74) is -1.78. The van der Waals surface area contributed by atoms with Crippen LogP contribution in [0.15, 0.2) is 54.6 Å².